The van der Waals surface area contributed by atoms with Crippen LogP contribution in [0.4, 0.5) is 5.69 Å². The van der Waals surface area contributed by atoms with E-state index >= 15 is 0 Å². The first-order valence-corrected chi connectivity index (χ1v) is 9.88. The lowest BCUT2D eigenvalue weighted by atomic mass is 10.0. The zero-order chi connectivity index (χ0) is 21.6. The van der Waals surface area contributed by atoms with Gasteiger partial charge in [-0.25, -0.2) is 9.59 Å². The summed E-state index contributed by atoms with van der Waals surface area (Å²) >= 11 is 0. The molecular weight excluding hydrogens is 376 g/mol. The van der Waals surface area contributed by atoms with Crippen LogP contribution < -0.4 is 5.32 Å². The summed E-state index contributed by atoms with van der Waals surface area (Å²) in [6, 6.07) is 3.63. The lowest BCUT2D eigenvalue weighted by Gasteiger charge is -2.30. The van der Waals surface area contributed by atoms with Crippen molar-refractivity contribution < 1.29 is 28.7 Å². The Hall–Kier alpha value is -2.90. The SMILES string of the molecule is CCOC(=O)c1cc(NC(=O)[C@H](C(C)C)N2CCCC2=O)cc(C(=O)OCC)c1. The van der Waals surface area contributed by atoms with Crippen molar-refractivity contribution in [1.82, 2.24) is 4.90 Å². The number of rotatable bonds is 8. The Kier molecular flexibility index (Phi) is 7.75. The number of benzene rings is 1. The molecule has 0 bridgehead atoms. The molecule has 0 spiro atoms. The summed E-state index contributed by atoms with van der Waals surface area (Å²) in [4.78, 5) is 51.0. The van der Waals surface area contributed by atoms with Crippen molar-refractivity contribution in [1.29, 1.82) is 0 Å². The number of ether oxygens (including phenoxy) is 2. The van der Waals surface area contributed by atoms with E-state index in [1.807, 2.05) is 13.8 Å². The zero-order valence-corrected chi connectivity index (χ0v) is 17.3. The Balaban J connectivity index is 2.33. The summed E-state index contributed by atoms with van der Waals surface area (Å²) in [7, 11) is 0. The molecular formula is C21H28N2O6. The molecule has 8 heteroatoms. The Morgan fingerprint density at radius 2 is 1.59 bits per heavy atom. The van der Waals surface area contributed by atoms with Gasteiger partial charge < -0.3 is 19.7 Å². The fraction of sp³-hybridized carbons (Fsp3) is 0.524. The van der Waals surface area contributed by atoms with Crippen LogP contribution in [-0.4, -0.2) is 54.5 Å². The van der Waals surface area contributed by atoms with Crippen LogP contribution in [0.25, 0.3) is 0 Å². The molecule has 8 nitrogen and oxygen atoms in total. The molecule has 29 heavy (non-hydrogen) atoms. The molecule has 2 rings (SSSR count). The number of hydrogen-bond acceptors (Lipinski definition) is 6. The number of nitrogens with one attached hydrogen (secondary N) is 1. The standard InChI is InChI=1S/C21H28N2O6/c1-5-28-20(26)14-10-15(21(27)29-6-2)12-16(11-14)22-19(25)18(13(3)4)23-9-7-8-17(23)24/h10-13,18H,5-9H2,1-4H3,(H,22,25)/t18-/m0/s1. The minimum atomic E-state index is -0.637. The van der Waals surface area contributed by atoms with Gasteiger partial charge in [0.05, 0.1) is 24.3 Å². The summed E-state index contributed by atoms with van der Waals surface area (Å²) in [6.07, 6.45) is 1.16. The summed E-state index contributed by atoms with van der Waals surface area (Å²) in [6.45, 7) is 7.98. The average molecular weight is 404 g/mol. The molecule has 1 aliphatic heterocycles. The van der Waals surface area contributed by atoms with E-state index in [2.05, 4.69) is 5.32 Å². The van der Waals surface area contributed by atoms with Gasteiger partial charge in [-0.3, -0.25) is 9.59 Å². The Morgan fingerprint density at radius 3 is 2.00 bits per heavy atom. The van der Waals surface area contributed by atoms with Crippen molar-refractivity contribution in [3.63, 3.8) is 0 Å². The van der Waals surface area contributed by atoms with Gasteiger partial charge in [0, 0.05) is 18.7 Å². The molecule has 1 aromatic rings. The first-order valence-electron chi connectivity index (χ1n) is 9.88. The van der Waals surface area contributed by atoms with Gasteiger partial charge in [-0.1, -0.05) is 13.8 Å². The highest BCUT2D eigenvalue weighted by Gasteiger charge is 2.35. The van der Waals surface area contributed by atoms with E-state index in [9.17, 15) is 19.2 Å². The van der Waals surface area contributed by atoms with E-state index in [1.54, 1.807) is 18.7 Å². The van der Waals surface area contributed by atoms with Crippen LogP contribution in [0.3, 0.4) is 0 Å². The monoisotopic (exact) mass is 404 g/mol. The molecule has 1 N–H and O–H groups in total. The number of hydrogen-bond donors (Lipinski definition) is 1. The van der Waals surface area contributed by atoms with E-state index in [0.717, 1.165) is 6.42 Å². The highest BCUT2D eigenvalue weighted by Crippen LogP contribution is 2.22. The van der Waals surface area contributed by atoms with Crippen molar-refractivity contribution in [3.8, 4) is 0 Å². The van der Waals surface area contributed by atoms with Crippen molar-refractivity contribution in [2.75, 3.05) is 25.1 Å². The van der Waals surface area contributed by atoms with Gasteiger partial charge in [-0.2, -0.15) is 0 Å². The maximum atomic E-state index is 13.0. The van der Waals surface area contributed by atoms with Crippen LogP contribution in [-0.2, 0) is 19.1 Å². The topological polar surface area (TPSA) is 102 Å². The second-order valence-electron chi connectivity index (χ2n) is 7.11. The van der Waals surface area contributed by atoms with Crippen LogP contribution in [0, 0.1) is 5.92 Å². The van der Waals surface area contributed by atoms with Gasteiger partial charge >= 0.3 is 11.9 Å². The highest BCUT2D eigenvalue weighted by molar-refractivity contribution is 6.01. The third kappa shape index (κ3) is 5.56. The molecule has 1 saturated heterocycles. The van der Waals surface area contributed by atoms with Crippen LogP contribution in [0.1, 0.15) is 61.3 Å². The lowest BCUT2D eigenvalue weighted by Crippen LogP contribution is -2.48. The van der Waals surface area contributed by atoms with E-state index < -0.39 is 18.0 Å². The molecule has 1 aliphatic rings. The number of likely N-dealkylation sites (tertiary alicyclic amines) is 1. The number of nitrogens with zero attached hydrogens (tertiary/aromatic N) is 1. The molecule has 2 amide bonds. The molecule has 0 aromatic heterocycles. The number of anilines is 1. The fourth-order valence-corrected chi connectivity index (χ4v) is 3.35. The van der Waals surface area contributed by atoms with E-state index in [0.29, 0.717) is 13.0 Å². The van der Waals surface area contributed by atoms with Crippen LogP contribution >= 0.6 is 0 Å². The normalized spacial score (nSPS) is 14.7. The van der Waals surface area contributed by atoms with Crippen molar-refractivity contribution in [2.24, 2.45) is 5.92 Å². The maximum absolute atomic E-state index is 13.0. The maximum Gasteiger partial charge on any atom is 0.338 e. The molecule has 0 unspecified atom stereocenters. The van der Waals surface area contributed by atoms with Crippen molar-refractivity contribution >= 4 is 29.4 Å². The number of carbonyl (C=O) groups excluding carboxylic acids is 4. The molecule has 0 aliphatic carbocycles. The molecule has 0 saturated carbocycles. The second-order valence-corrected chi connectivity index (χ2v) is 7.11. The Labute approximate surface area is 170 Å². The summed E-state index contributed by atoms with van der Waals surface area (Å²) in [5.41, 5.74) is 0.526. The number of amides is 2. The van der Waals surface area contributed by atoms with Gasteiger partial charge in [-0.05, 0) is 44.4 Å². The van der Waals surface area contributed by atoms with Gasteiger partial charge in [0.2, 0.25) is 11.8 Å². The summed E-state index contributed by atoms with van der Waals surface area (Å²) < 4.78 is 10.0. The van der Waals surface area contributed by atoms with Crippen LogP contribution in [0.15, 0.2) is 18.2 Å². The van der Waals surface area contributed by atoms with E-state index in [4.69, 9.17) is 9.47 Å². The van der Waals surface area contributed by atoms with E-state index in [1.165, 1.54) is 18.2 Å². The molecule has 0 radical (unpaired) electrons. The smallest absolute Gasteiger partial charge is 0.338 e. The molecule has 1 aromatic carbocycles. The lowest BCUT2D eigenvalue weighted by molar-refractivity contribution is -0.136. The Morgan fingerprint density at radius 1 is 1.03 bits per heavy atom. The van der Waals surface area contributed by atoms with Gasteiger partial charge in [-0.15, -0.1) is 0 Å². The Bertz CT molecular complexity index is 753. The third-order valence-electron chi connectivity index (χ3n) is 4.57. The fourth-order valence-electron chi connectivity index (χ4n) is 3.35. The predicted octanol–water partition coefficient (Wildman–Crippen LogP) is 2.63. The molecule has 158 valence electrons. The minimum absolute atomic E-state index is 0.0497. The molecule has 1 fully saturated rings. The minimum Gasteiger partial charge on any atom is -0.462 e. The number of carbonyl (C=O) groups is 4. The van der Waals surface area contributed by atoms with E-state index in [-0.39, 0.29) is 47.8 Å². The first-order chi connectivity index (χ1) is 13.8. The van der Waals surface area contributed by atoms with Crippen molar-refractivity contribution in [3.05, 3.63) is 29.3 Å². The second kappa shape index (κ2) is 10.0. The zero-order valence-electron chi connectivity index (χ0n) is 17.3. The van der Waals surface area contributed by atoms with Crippen LogP contribution in [0.2, 0.25) is 0 Å². The largest absolute Gasteiger partial charge is 0.462 e. The van der Waals surface area contributed by atoms with Gasteiger partial charge in [0.25, 0.3) is 0 Å². The molecule has 1 heterocycles. The third-order valence-corrected chi connectivity index (χ3v) is 4.57. The summed E-state index contributed by atoms with van der Waals surface area (Å²) in [5.74, 6) is -1.74. The van der Waals surface area contributed by atoms with Crippen molar-refractivity contribution in [2.45, 2.75) is 46.6 Å². The van der Waals surface area contributed by atoms with Gasteiger partial charge in [0.15, 0.2) is 0 Å². The molecule has 1 atom stereocenters. The summed E-state index contributed by atoms with van der Waals surface area (Å²) in [5, 5.41) is 2.75. The predicted molar refractivity (Wildman–Crippen MR) is 107 cm³/mol. The number of esters is 2. The average Bonchev–Trinajstić information content (AvgIpc) is 3.07. The quantitative estimate of drug-likeness (QED) is 0.668. The first kappa shape index (κ1) is 22.4. The van der Waals surface area contributed by atoms with Gasteiger partial charge in [0.1, 0.15) is 6.04 Å². The highest BCUT2D eigenvalue weighted by atomic mass is 16.5. The van der Waals surface area contributed by atoms with Crippen LogP contribution in [0.5, 0.6) is 0 Å².